The summed E-state index contributed by atoms with van der Waals surface area (Å²) in [5.41, 5.74) is 3.03. The molecule has 30 heavy (non-hydrogen) atoms. The van der Waals surface area contributed by atoms with Gasteiger partial charge in [0, 0.05) is 44.4 Å². The van der Waals surface area contributed by atoms with Crippen molar-refractivity contribution in [2.75, 3.05) is 20.6 Å². The van der Waals surface area contributed by atoms with E-state index in [0.717, 1.165) is 37.1 Å². The second-order valence-corrected chi connectivity index (χ2v) is 8.83. The lowest BCUT2D eigenvalue weighted by atomic mass is 9.79. The van der Waals surface area contributed by atoms with Crippen LogP contribution < -0.4 is 5.32 Å². The molecule has 0 radical (unpaired) electrons. The molecular weight excluding hydrogens is 380 g/mol. The number of nitrogens with one attached hydrogen (secondary N) is 2. The van der Waals surface area contributed by atoms with Crippen LogP contribution in [0, 0.1) is 12.8 Å². The highest BCUT2D eigenvalue weighted by Crippen LogP contribution is 2.39. The van der Waals surface area contributed by atoms with Gasteiger partial charge in [0.25, 0.3) is 11.8 Å². The minimum atomic E-state index is -0.106. The summed E-state index contributed by atoms with van der Waals surface area (Å²) in [4.78, 5) is 35.4. The molecule has 0 aliphatic heterocycles. The van der Waals surface area contributed by atoms with Gasteiger partial charge in [0.05, 0.1) is 11.3 Å². The van der Waals surface area contributed by atoms with Crippen LogP contribution in [-0.4, -0.2) is 57.5 Å². The number of hydrogen-bond acceptors (Lipinski definition) is 5. The summed E-state index contributed by atoms with van der Waals surface area (Å²) in [5, 5.41) is 10.2. The molecule has 2 saturated carbocycles. The average Bonchev–Trinajstić information content (AvgIpc) is 3.48. The van der Waals surface area contributed by atoms with Crippen molar-refractivity contribution >= 4 is 11.8 Å². The number of carbonyl (C=O) groups excluding carboxylic acids is 2. The van der Waals surface area contributed by atoms with Crippen molar-refractivity contribution in [1.82, 2.24) is 30.4 Å². The van der Waals surface area contributed by atoms with Crippen LogP contribution >= 0.6 is 0 Å². The summed E-state index contributed by atoms with van der Waals surface area (Å²) in [6, 6.07) is 1.88. The fourth-order valence-corrected chi connectivity index (χ4v) is 4.23. The third kappa shape index (κ3) is 4.52. The van der Waals surface area contributed by atoms with Gasteiger partial charge in [0.2, 0.25) is 0 Å². The van der Waals surface area contributed by atoms with Gasteiger partial charge < -0.3 is 10.2 Å². The smallest absolute Gasteiger partial charge is 0.271 e. The molecule has 8 nitrogen and oxygen atoms in total. The monoisotopic (exact) mass is 410 g/mol. The Morgan fingerprint density at radius 1 is 1.13 bits per heavy atom. The van der Waals surface area contributed by atoms with Gasteiger partial charge in [-0.15, -0.1) is 0 Å². The standard InChI is InChI=1S/C22H30N6O2/c1-13-23-12-17(22(30)28(2)3)20(25-13)16-6-4-14(5-7-16)11-24-21(29)19-10-18(26-27-19)15-8-9-15/h10,12,14-16H,4-9,11H2,1-3H3,(H,24,29)(H,26,27). The molecule has 2 fully saturated rings. The number of nitrogens with zero attached hydrogens (tertiary/aromatic N) is 4. The first-order valence-corrected chi connectivity index (χ1v) is 10.8. The van der Waals surface area contributed by atoms with Crippen LogP contribution in [0.1, 0.15) is 88.4 Å². The minimum absolute atomic E-state index is 0.0519. The molecule has 4 rings (SSSR count). The fraction of sp³-hybridized carbons (Fsp3) is 0.591. The lowest BCUT2D eigenvalue weighted by Gasteiger charge is -2.29. The lowest BCUT2D eigenvalue weighted by molar-refractivity contribution is 0.0823. The van der Waals surface area contributed by atoms with E-state index in [1.165, 1.54) is 12.8 Å². The minimum Gasteiger partial charge on any atom is -0.350 e. The number of H-pyrrole nitrogens is 1. The van der Waals surface area contributed by atoms with E-state index < -0.39 is 0 Å². The van der Waals surface area contributed by atoms with Gasteiger partial charge in [-0.25, -0.2) is 9.97 Å². The predicted molar refractivity (Wildman–Crippen MR) is 112 cm³/mol. The van der Waals surface area contributed by atoms with Crippen LogP contribution in [0.4, 0.5) is 0 Å². The molecule has 0 unspecified atom stereocenters. The predicted octanol–water partition coefficient (Wildman–Crippen LogP) is 2.79. The maximum atomic E-state index is 12.5. The summed E-state index contributed by atoms with van der Waals surface area (Å²) < 4.78 is 0. The van der Waals surface area contributed by atoms with E-state index in [4.69, 9.17) is 0 Å². The number of aromatic nitrogens is 4. The van der Waals surface area contributed by atoms with Gasteiger partial charge in [0.1, 0.15) is 11.5 Å². The van der Waals surface area contributed by atoms with Crippen LogP contribution in [-0.2, 0) is 0 Å². The van der Waals surface area contributed by atoms with Crippen LogP contribution in [0.3, 0.4) is 0 Å². The molecule has 2 aromatic heterocycles. The third-order valence-electron chi connectivity index (χ3n) is 6.21. The van der Waals surface area contributed by atoms with Crippen molar-refractivity contribution in [3.05, 3.63) is 40.7 Å². The Balaban J connectivity index is 1.32. The molecule has 0 saturated heterocycles. The third-order valence-corrected chi connectivity index (χ3v) is 6.21. The van der Waals surface area contributed by atoms with E-state index in [-0.39, 0.29) is 17.7 Å². The van der Waals surface area contributed by atoms with Gasteiger partial charge in [0.15, 0.2) is 0 Å². The Kier molecular flexibility index (Phi) is 5.83. The van der Waals surface area contributed by atoms with Gasteiger partial charge in [-0.3, -0.25) is 14.7 Å². The highest BCUT2D eigenvalue weighted by molar-refractivity contribution is 5.94. The quantitative estimate of drug-likeness (QED) is 0.762. The van der Waals surface area contributed by atoms with E-state index in [2.05, 4.69) is 25.5 Å². The van der Waals surface area contributed by atoms with Crippen LogP contribution in [0.5, 0.6) is 0 Å². The number of rotatable bonds is 6. The maximum absolute atomic E-state index is 12.5. The highest BCUT2D eigenvalue weighted by atomic mass is 16.2. The highest BCUT2D eigenvalue weighted by Gasteiger charge is 2.29. The lowest BCUT2D eigenvalue weighted by Crippen LogP contribution is -2.32. The van der Waals surface area contributed by atoms with Gasteiger partial charge in [-0.05, 0) is 57.4 Å². The first-order chi connectivity index (χ1) is 14.4. The first kappa shape index (κ1) is 20.5. The zero-order valence-corrected chi connectivity index (χ0v) is 17.9. The largest absolute Gasteiger partial charge is 0.350 e. The molecule has 2 aliphatic rings. The molecule has 0 spiro atoms. The fourth-order valence-electron chi connectivity index (χ4n) is 4.23. The van der Waals surface area contributed by atoms with Crippen molar-refractivity contribution in [1.29, 1.82) is 0 Å². The number of aryl methyl sites for hydroxylation is 1. The van der Waals surface area contributed by atoms with Crippen molar-refractivity contribution in [3.8, 4) is 0 Å². The van der Waals surface area contributed by atoms with Crippen molar-refractivity contribution in [2.45, 2.75) is 57.3 Å². The van der Waals surface area contributed by atoms with Crippen LogP contribution in [0.2, 0.25) is 0 Å². The molecule has 0 atom stereocenters. The van der Waals surface area contributed by atoms with E-state index in [9.17, 15) is 9.59 Å². The van der Waals surface area contributed by atoms with Crippen LogP contribution in [0.15, 0.2) is 12.3 Å². The molecular formula is C22H30N6O2. The molecule has 2 amide bonds. The molecule has 0 aromatic carbocycles. The Labute approximate surface area is 176 Å². The Hall–Kier alpha value is -2.77. The maximum Gasteiger partial charge on any atom is 0.271 e. The summed E-state index contributed by atoms with van der Waals surface area (Å²) in [6.07, 6.45) is 7.93. The van der Waals surface area contributed by atoms with Crippen molar-refractivity contribution in [2.24, 2.45) is 5.92 Å². The first-order valence-electron chi connectivity index (χ1n) is 10.8. The summed E-state index contributed by atoms with van der Waals surface area (Å²) in [6.45, 7) is 2.52. The van der Waals surface area contributed by atoms with Crippen molar-refractivity contribution in [3.63, 3.8) is 0 Å². The number of carbonyl (C=O) groups is 2. The zero-order valence-electron chi connectivity index (χ0n) is 17.9. The van der Waals surface area contributed by atoms with Crippen molar-refractivity contribution < 1.29 is 9.59 Å². The molecule has 2 aliphatic carbocycles. The van der Waals surface area contributed by atoms with Gasteiger partial charge >= 0.3 is 0 Å². The Bertz CT molecular complexity index is 925. The van der Waals surface area contributed by atoms with Gasteiger partial charge in [-0.1, -0.05) is 0 Å². The SMILES string of the molecule is Cc1ncc(C(=O)N(C)C)c(C2CCC(CNC(=O)c3cc(C4CC4)[nH]n3)CC2)n1. The number of aromatic amines is 1. The molecule has 2 aromatic rings. The average molecular weight is 411 g/mol. The normalized spacial score (nSPS) is 21.3. The topological polar surface area (TPSA) is 104 Å². The molecule has 160 valence electrons. The Morgan fingerprint density at radius 2 is 1.83 bits per heavy atom. The van der Waals surface area contributed by atoms with E-state index in [0.29, 0.717) is 35.5 Å². The van der Waals surface area contributed by atoms with E-state index >= 15 is 0 Å². The number of hydrogen-bond donors (Lipinski definition) is 2. The van der Waals surface area contributed by atoms with E-state index in [1.807, 2.05) is 13.0 Å². The van der Waals surface area contributed by atoms with E-state index in [1.54, 1.807) is 25.2 Å². The summed E-state index contributed by atoms with van der Waals surface area (Å²) >= 11 is 0. The molecule has 8 heteroatoms. The molecule has 2 heterocycles. The van der Waals surface area contributed by atoms with Gasteiger partial charge in [-0.2, -0.15) is 5.10 Å². The summed E-state index contributed by atoms with van der Waals surface area (Å²) in [7, 11) is 3.50. The Morgan fingerprint density at radius 3 is 2.50 bits per heavy atom. The van der Waals surface area contributed by atoms with Crippen LogP contribution in [0.25, 0.3) is 0 Å². The second kappa shape index (κ2) is 8.53. The molecule has 2 N–H and O–H groups in total. The molecule has 0 bridgehead atoms. The zero-order chi connectivity index (χ0) is 21.3. The summed E-state index contributed by atoms with van der Waals surface area (Å²) in [5.74, 6) is 1.78. The number of amides is 2. The second-order valence-electron chi connectivity index (χ2n) is 8.83.